The van der Waals surface area contributed by atoms with Crippen LogP contribution in [0.2, 0.25) is 0 Å². The van der Waals surface area contributed by atoms with Crippen LogP contribution in [0.25, 0.3) is 11.3 Å². The zero-order chi connectivity index (χ0) is 15.8. The zero-order valence-electron chi connectivity index (χ0n) is 12.5. The number of amides is 1. The van der Waals surface area contributed by atoms with Crippen molar-refractivity contribution >= 4 is 11.7 Å². The van der Waals surface area contributed by atoms with Crippen LogP contribution in [-0.2, 0) is 13.1 Å². The van der Waals surface area contributed by atoms with Gasteiger partial charge in [0, 0.05) is 42.8 Å². The number of aromatic amines is 1. The van der Waals surface area contributed by atoms with Crippen LogP contribution >= 0.6 is 0 Å². The van der Waals surface area contributed by atoms with E-state index in [0.717, 1.165) is 35.6 Å². The van der Waals surface area contributed by atoms with E-state index in [4.69, 9.17) is 4.52 Å². The summed E-state index contributed by atoms with van der Waals surface area (Å²) in [7, 11) is 2.04. The molecular formula is C16H15N5O2. The van der Waals surface area contributed by atoms with Crippen molar-refractivity contribution in [2.75, 3.05) is 12.4 Å². The minimum atomic E-state index is -0.238. The molecule has 4 rings (SSSR count). The number of pyridine rings is 1. The Morgan fingerprint density at radius 2 is 2.30 bits per heavy atom. The van der Waals surface area contributed by atoms with Gasteiger partial charge in [0.25, 0.3) is 5.91 Å². The average molecular weight is 309 g/mol. The number of fused-ring (bicyclic) bond motifs is 3. The molecule has 2 N–H and O–H groups in total. The van der Waals surface area contributed by atoms with E-state index in [-0.39, 0.29) is 5.91 Å². The molecule has 0 spiro atoms. The molecule has 0 aromatic carbocycles. The fraction of sp³-hybridized carbons (Fsp3) is 0.188. The first-order valence-electron chi connectivity index (χ1n) is 7.27. The van der Waals surface area contributed by atoms with Crippen molar-refractivity contribution in [3.05, 3.63) is 53.7 Å². The molecule has 4 heterocycles. The summed E-state index contributed by atoms with van der Waals surface area (Å²) < 4.78 is 4.74. The molecule has 0 saturated carbocycles. The minimum Gasteiger partial charge on any atom is -0.363 e. The average Bonchev–Trinajstić information content (AvgIpc) is 3.15. The van der Waals surface area contributed by atoms with Crippen LogP contribution in [0.4, 0.5) is 5.82 Å². The lowest BCUT2D eigenvalue weighted by Gasteiger charge is -2.13. The first-order valence-corrected chi connectivity index (χ1v) is 7.27. The molecule has 1 aliphatic heterocycles. The lowest BCUT2D eigenvalue weighted by Crippen LogP contribution is -2.15. The molecule has 0 atom stereocenters. The normalized spacial score (nSPS) is 14.0. The number of nitrogens with zero attached hydrogens (tertiary/aromatic N) is 3. The Bertz CT molecular complexity index is 853. The van der Waals surface area contributed by atoms with Crippen LogP contribution in [-0.4, -0.2) is 33.0 Å². The van der Waals surface area contributed by atoms with E-state index in [0.29, 0.717) is 11.4 Å². The van der Waals surface area contributed by atoms with E-state index in [1.54, 1.807) is 18.5 Å². The lowest BCUT2D eigenvalue weighted by molar-refractivity contribution is 0.102. The van der Waals surface area contributed by atoms with Gasteiger partial charge in [-0.15, -0.1) is 0 Å². The molecular weight excluding hydrogens is 294 g/mol. The maximum atomic E-state index is 12.6. The molecule has 0 bridgehead atoms. The van der Waals surface area contributed by atoms with E-state index in [1.807, 2.05) is 19.2 Å². The highest BCUT2D eigenvalue weighted by molar-refractivity contribution is 6.08. The first-order chi connectivity index (χ1) is 11.2. The van der Waals surface area contributed by atoms with Crippen LogP contribution < -0.4 is 5.32 Å². The number of carbonyl (C=O) groups is 1. The smallest absolute Gasteiger partial charge is 0.259 e. The van der Waals surface area contributed by atoms with Gasteiger partial charge >= 0.3 is 0 Å². The summed E-state index contributed by atoms with van der Waals surface area (Å²) in [6, 6.07) is 5.56. The Morgan fingerprint density at radius 1 is 1.39 bits per heavy atom. The topological polar surface area (TPSA) is 87.1 Å². The Morgan fingerprint density at radius 3 is 3.13 bits per heavy atom. The van der Waals surface area contributed by atoms with Gasteiger partial charge in [-0.05, 0) is 18.7 Å². The van der Waals surface area contributed by atoms with E-state index in [9.17, 15) is 4.79 Å². The molecule has 1 aliphatic rings. The maximum Gasteiger partial charge on any atom is 0.259 e. The summed E-state index contributed by atoms with van der Waals surface area (Å²) in [6.07, 6.45) is 4.89. The van der Waals surface area contributed by atoms with Gasteiger partial charge in [-0.3, -0.25) is 14.7 Å². The van der Waals surface area contributed by atoms with Crippen molar-refractivity contribution in [2.45, 2.75) is 13.1 Å². The lowest BCUT2D eigenvalue weighted by atomic mass is 10.0. The Labute approximate surface area is 132 Å². The number of H-pyrrole nitrogens is 1. The van der Waals surface area contributed by atoms with Crippen LogP contribution in [0.15, 0.2) is 41.4 Å². The predicted octanol–water partition coefficient (Wildman–Crippen LogP) is 2.26. The number of carbonyl (C=O) groups excluding carboxylic acids is 1. The summed E-state index contributed by atoms with van der Waals surface area (Å²) in [5.74, 6) is 0.148. The molecule has 0 fully saturated rings. The molecule has 0 aliphatic carbocycles. The molecule has 0 saturated heterocycles. The Hall–Kier alpha value is -2.93. The molecule has 116 valence electrons. The number of anilines is 1. The van der Waals surface area contributed by atoms with Gasteiger partial charge < -0.3 is 14.8 Å². The fourth-order valence-electron chi connectivity index (χ4n) is 2.91. The maximum absolute atomic E-state index is 12.6. The molecule has 3 aromatic rings. The van der Waals surface area contributed by atoms with Crippen molar-refractivity contribution in [3.63, 3.8) is 0 Å². The molecule has 1 amide bonds. The van der Waals surface area contributed by atoms with Gasteiger partial charge in [0.05, 0.1) is 11.3 Å². The second kappa shape index (κ2) is 5.36. The van der Waals surface area contributed by atoms with Crippen LogP contribution in [0.3, 0.4) is 0 Å². The highest BCUT2D eigenvalue weighted by atomic mass is 16.5. The summed E-state index contributed by atoms with van der Waals surface area (Å²) in [5, 5.41) is 6.44. The van der Waals surface area contributed by atoms with E-state index in [2.05, 4.69) is 25.3 Å². The summed E-state index contributed by atoms with van der Waals surface area (Å²) in [5.41, 5.74) is 4.33. The number of hydrogen-bond donors (Lipinski definition) is 2. The molecule has 7 nitrogen and oxygen atoms in total. The third kappa shape index (κ3) is 2.40. The summed E-state index contributed by atoms with van der Waals surface area (Å²) in [4.78, 5) is 22.5. The standard InChI is InChI=1S/C16H15N5O2/c1-21-8-10-3-2-5-17-15(10)14-11(7-18-12(14)9-21)16(22)19-13-4-6-23-20-13/h2-7,18H,8-9H2,1H3,(H,19,20,22). The van der Waals surface area contributed by atoms with E-state index >= 15 is 0 Å². The first kappa shape index (κ1) is 13.7. The number of hydrogen-bond acceptors (Lipinski definition) is 5. The minimum absolute atomic E-state index is 0.238. The van der Waals surface area contributed by atoms with Crippen molar-refractivity contribution in [1.29, 1.82) is 0 Å². The number of aromatic nitrogens is 3. The van der Waals surface area contributed by atoms with E-state index < -0.39 is 0 Å². The van der Waals surface area contributed by atoms with Crippen LogP contribution in [0.5, 0.6) is 0 Å². The monoisotopic (exact) mass is 309 g/mol. The quantitative estimate of drug-likeness (QED) is 0.758. The predicted molar refractivity (Wildman–Crippen MR) is 83.7 cm³/mol. The van der Waals surface area contributed by atoms with Crippen molar-refractivity contribution in [1.82, 2.24) is 20.0 Å². The molecule has 0 unspecified atom stereocenters. The molecule has 7 heteroatoms. The van der Waals surface area contributed by atoms with Crippen LogP contribution in [0, 0.1) is 0 Å². The fourth-order valence-corrected chi connectivity index (χ4v) is 2.91. The van der Waals surface area contributed by atoms with Crippen molar-refractivity contribution in [3.8, 4) is 11.3 Å². The van der Waals surface area contributed by atoms with Crippen molar-refractivity contribution < 1.29 is 9.32 Å². The van der Waals surface area contributed by atoms with Crippen LogP contribution in [0.1, 0.15) is 21.6 Å². The van der Waals surface area contributed by atoms with Gasteiger partial charge in [-0.2, -0.15) is 0 Å². The van der Waals surface area contributed by atoms with Gasteiger partial charge in [-0.25, -0.2) is 0 Å². The number of rotatable bonds is 2. The summed E-state index contributed by atoms with van der Waals surface area (Å²) in [6.45, 7) is 1.51. The summed E-state index contributed by atoms with van der Waals surface area (Å²) >= 11 is 0. The number of nitrogens with one attached hydrogen (secondary N) is 2. The zero-order valence-corrected chi connectivity index (χ0v) is 12.5. The highest BCUT2D eigenvalue weighted by Gasteiger charge is 2.25. The van der Waals surface area contributed by atoms with Crippen molar-refractivity contribution in [2.24, 2.45) is 0 Å². The van der Waals surface area contributed by atoms with Gasteiger partial charge in [0.2, 0.25) is 0 Å². The van der Waals surface area contributed by atoms with E-state index in [1.165, 1.54) is 6.26 Å². The molecule has 23 heavy (non-hydrogen) atoms. The molecule has 0 radical (unpaired) electrons. The largest absolute Gasteiger partial charge is 0.363 e. The third-order valence-corrected chi connectivity index (χ3v) is 3.88. The third-order valence-electron chi connectivity index (χ3n) is 3.88. The second-order valence-corrected chi connectivity index (χ2v) is 5.58. The molecule has 3 aromatic heterocycles. The Kier molecular flexibility index (Phi) is 3.20. The second-order valence-electron chi connectivity index (χ2n) is 5.58. The SMILES string of the molecule is CN1Cc2cccnc2-c2c(C(=O)Nc3ccon3)c[nH]c2C1. The van der Waals surface area contributed by atoms with Gasteiger partial charge in [0.1, 0.15) is 6.26 Å². The van der Waals surface area contributed by atoms with Gasteiger partial charge in [-0.1, -0.05) is 11.2 Å². The Balaban J connectivity index is 1.80. The highest BCUT2D eigenvalue weighted by Crippen LogP contribution is 2.33. The van der Waals surface area contributed by atoms with Gasteiger partial charge in [0.15, 0.2) is 5.82 Å².